The van der Waals surface area contributed by atoms with Crippen molar-refractivity contribution in [3.8, 4) is 16.9 Å². The van der Waals surface area contributed by atoms with Crippen LogP contribution < -0.4 is 4.74 Å². The van der Waals surface area contributed by atoms with Gasteiger partial charge in [0.2, 0.25) is 0 Å². The zero-order valence-corrected chi connectivity index (χ0v) is 21.5. The highest BCUT2D eigenvalue weighted by molar-refractivity contribution is 6.42. The zero-order valence-electron chi connectivity index (χ0n) is 21.5. The molecule has 2 aliphatic rings. The Morgan fingerprint density at radius 2 is 1.87 bits per heavy atom. The third kappa shape index (κ3) is 4.05. The van der Waals surface area contributed by atoms with E-state index in [1.165, 1.54) is 17.0 Å². The molecule has 4 heterocycles. The van der Waals surface area contributed by atoms with E-state index in [2.05, 4.69) is 10.1 Å². The Balaban J connectivity index is 1.34. The Morgan fingerprint density at radius 3 is 2.58 bits per heavy atom. The first-order valence-electron chi connectivity index (χ1n) is 12.7. The number of halogens is 2. The summed E-state index contributed by atoms with van der Waals surface area (Å²) >= 11 is 0. The molecule has 1 saturated heterocycles. The van der Waals surface area contributed by atoms with Gasteiger partial charge in [-0.25, -0.2) is 8.78 Å². The number of nitrogens with zero attached hydrogens (tertiary/aromatic N) is 4. The first-order valence-corrected chi connectivity index (χ1v) is 12.7. The molecule has 2 aliphatic heterocycles. The molecule has 0 atom stereocenters. The van der Waals surface area contributed by atoms with Crippen LogP contribution in [0, 0.1) is 11.6 Å². The molecule has 0 spiro atoms. The van der Waals surface area contributed by atoms with Crippen LogP contribution in [0.3, 0.4) is 0 Å². The number of rotatable bonds is 5. The highest BCUT2D eigenvalue weighted by Crippen LogP contribution is 2.38. The Kier molecular flexibility index (Phi) is 5.98. The standard InChI is InChI=1S/C27H26B2F2N4O3/c1-34-13-19-17(4-5-23(24(19)33-34)38-16-6-9-37-10-7-16)15-11-21(30)20(22(31)12-15)14-35-26(36)18-3-2-8-32-25(18)27(35,28)29/h2-5,8,11-13,16H,6-7,9-10,14,28-29H2,1H3. The fourth-order valence-corrected chi connectivity index (χ4v) is 5.45. The molecule has 0 unspecified atom stereocenters. The van der Waals surface area contributed by atoms with Crippen molar-refractivity contribution < 1.29 is 23.0 Å². The van der Waals surface area contributed by atoms with Gasteiger partial charge in [-0.1, -0.05) is 0 Å². The maximum absolute atomic E-state index is 15.5. The first kappa shape index (κ1) is 24.6. The second-order valence-electron chi connectivity index (χ2n) is 10.4. The lowest BCUT2D eigenvalue weighted by atomic mass is 9.59. The number of fused-ring (bicyclic) bond motifs is 2. The Labute approximate surface area is 220 Å². The number of carbonyl (C=O) groups is 1. The number of benzene rings is 2. The average Bonchev–Trinajstić information content (AvgIpc) is 3.38. The van der Waals surface area contributed by atoms with Crippen molar-refractivity contribution in [2.24, 2.45) is 7.05 Å². The molecule has 4 aromatic rings. The average molecular weight is 514 g/mol. The van der Waals surface area contributed by atoms with Crippen molar-refractivity contribution >= 4 is 32.5 Å². The summed E-state index contributed by atoms with van der Waals surface area (Å²) in [6, 6.07) is 9.62. The van der Waals surface area contributed by atoms with Gasteiger partial charge in [0.15, 0.2) is 0 Å². The molecular weight excluding hydrogens is 488 g/mol. The predicted octanol–water partition coefficient (Wildman–Crippen LogP) is 2.50. The second kappa shape index (κ2) is 9.23. The normalized spacial score (nSPS) is 17.2. The molecule has 1 amide bonds. The monoisotopic (exact) mass is 514 g/mol. The van der Waals surface area contributed by atoms with E-state index in [0.29, 0.717) is 46.9 Å². The predicted molar refractivity (Wildman–Crippen MR) is 143 cm³/mol. The van der Waals surface area contributed by atoms with Gasteiger partial charge in [-0.3, -0.25) is 14.5 Å². The zero-order chi connectivity index (χ0) is 26.6. The number of hydrogen-bond acceptors (Lipinski definition) is 5. The van der Waals surface area contributed by atoms with E-state index in [1.807, 2.05) is 28.0 Å². The number of pyridine rings is 1. The molecule has 192 valence electrons. The van der Waals surface area contributed by atoms with E-state index in [4.69, 9.17) is 9.47 Å². The number of aromatic nitrogens is 3. The van der Waals surface area contributed by atoms with E-state index < -0.39 is 17.0 Å². The largest absolute Gasteiger partial charge is 0.488 e. The maximum atomic E-state index is 15.5. The molecule has 0 N–H and O–H groups in total. The summed E-state index contributed by atoms with van der Waals surface area (Å²) in [5.41, 5.74) is 2.56. The molecule has 11 heteroatoms. The topological polar surface area (TPSA) is 69.5 Å². The minimum absolute atomic E-state index is 0.0351. The van der Waals surface area contributed by atoms with Crippen molar-refractivity contribution in [2.75, 3.05) is 13.2 Å². The fraction of sp³-hybridized carbons (Fsp3) is 0.296. The highest BCUT2D eigenvalue weighted by Gasteiger charge is 2.44. The van der Waals surface area contributed by atoms with Crippen LogP contribution in [-0.4, -0.2) is 60.6 Å². The summed E-state index contributed by atoms with van der Waals surface area (Å²) in [5.74, 6) is -1.09. The Bertz CT molecular complexity index is 1550. The van der Waals surface area contributed by atoms with E-state index in [9.17, 15) is 4.79 Å². The number of hydrogen-bond donors (Lipinski definition) is 0. The summed E-state index contributed by atoms with van der Waals surface area (Å²) in [4.78, 5) is 18.9. The van der Waals surface area contributed by atoms with E-state index in [-0.39, 0.29) is 24.1 Å². The van der Waals surface area contributed by atoms with Gasteiger partial charge in [-0.2, -0.15) is 5.10 Å². The van der Waals surface area contributed by atoms with Crippen molar-refractivity contribution in [1.29, 1.82) is 0 Å². The summed E-state index contributed by atoms with van der Waals surface area (Å²) in [7, 11) is 5.46. The smallest absolute Gasteiger partial charge is 0.255 e. The lowest BCUT2D eigenvalue weighted by molar-refractivity contribution is 0.0261. The molecule has 0 bridgehead atoms. The van der Waals surface area contributed by atoms with Crippen LogP contribution in [0.5, 0.6) is 5.75 Å². The minimum Gasteiger partial charge on any atom is -0.488 e. The van der Waals surface area contributed by atoms with E-state index in [0.717, 1.165) is 18.2 Å². The lowest BCUT2D eigenvalue weighted by Gasteiger charge is -2.32. The van der Waals surface area contributed by atoms with Gasteiger partial charge < -0.3 is 14.4 Å². The molecule has 0 saturated carbocycles. The molecular formula is C27H26B2F2N4O3. The molecule has 1 fully saturated rings. The molecule has 2 aromatic carbocycles. The number of amides is 1. The number of carbonyl (C=O) groups excluding carboxylic acids is 1. The van der Waals surface area contributed by atoms with Crippen LogP contribution in [-0.2, 0) is 23.7 Å². The molecule has 0 radical (unpaired) electrons. The third-order valence-electron chi connectivity index (χ3n) is 7.52. The van der Waals surface area contributed by atoms with E-state index in [1.54, 1.807) is 36.1 Å². The van der Waals surface area contributed by atoms with Crippen molar-refractivity contribution in [1.82, 2.24) is 19.7 Å². The third-order valence-corrected chi connectivity index (χ3v) is 7.52. The molecule has 2 aromatic heterocycles. The minimum atomic E-state index is -0.798. The second-order valence-corrected chi connectivity index (χ2v) is 10.4. The summed E-state index contributed by atoms with van der Waals surface area (Å²) in [6.45, 7) is 1.10. The summed E-state index contributed by atoms with van der Waals surface area (Å²) in [6.07, 6.45) is 5.07. The van der Waals surface area contributed by atoms with Gasteiger partial charge in [0.25, 0.3) is 5.91 Å². The maximum Gasteiger partial charge on any atom is 0.255 e. The molecule has 6 rings (SSSR count). The lowest BCUT2D eigenvalue weighted by Crippen LogP contribution is -2.45. The van der Waals surface area contributed by atoms with Gasteiger partial charge >= 0.3 is 0 Å². The van der Waals surface area contributed by atoms with Gasteiger partial charge in [0, 0.05) is 48.6 Å². The van der Waals surface area contributed by atoms with Crippen molar-refractivity contribution in [3.63, 3.8) is 0 Å². The summed E-state index contributed by atoms with van der Waals surface area (Å²) in [5, 5.41) is 4.50. The first-order chi connectivity index (χ1) is 18.2. The van der Waals surface area contributed by atoms with Crippen molar-refractivity contribution in [3.05, 3.63) is 77.2 Å². The SMILES string of the molecule is BC1(B)c2ncccc2C(=O)N1Cc1c(F)cc(-c2ccc(OC3CCOCC3)c3nn(C)cc23)cc1F. The van der Waals surface area contributed by atoms with Crippen LogP contribution in [0.2, 0.25) is 0 Å². The van der Waals surface area contributed by atoms with Crippen LogP contribution >= 0.6 is 0 Å². The van der Waals surface area contributed by atoms with Crippen molar-refractivity contribution in [2.45, 2.75) is 30.8 Å². The molecule has 38 heavy (non-hydrogen) atoms. The number of aryl methyl sites for hydroxylation is 1. The van der Waals surface area contributed by atoms with Crippen LogP contribution in [0.25, 0.3) is 22.0 Å². The van der Waals surface area contributed by atoms with Gasteiger partial charge in [-0.15, -0.1) is 0 Å². The molecule has 0 aliphatic carbocycles. The van der Waals surface area contributed by atoms with E-state index >= 15 is 8.78 Å². The quantitative estimate of drug-likeness (QED) is 0.383. The van der Waals surface area contributed by atoms with Crippen LogP contribution in [0.15, 0.2) is 48.8 Å². The highest BCUT2D eigenvalue weighted by atomic mass is 19.1. The fourth-order valence-electron chi connectivity index (χ4n) is 5.45. The Morgan fingerprint density at radius 1 is 1.13 bits per heavy atom. The van der Waals surface area contributed by atoms with Gasteiger partial charge in [-0.05, 0) is 47.5 Å². The molecule has 7 nitrogen and oxygen atoms in total. The van der Waals surface area contributed by atoms with Gasteiger partial charge in [0.1, 0.15) is 44.7 Å². The van der Waals surface area contributed by atoms with Gasteiger partial charge in [0.05, 0.1) is 31.0 Å². The number of ether oxygens (including phenoxy) is 2. The van der Waals surface area contributed by atoms with Crippen LogP contribution in [0.1, 0.15) is 34.5 Å². The Hall–Kier alpha value is -3.72. The summed E-state index contributed by atoms with van der Waals surface area (Å²) < 4.78 is 44.3. The van der Waals surface area contributed by atoms with Crippen LogP contribution in [0.4, 0.5) is 8.78 Å².